The van der Waals surface area contributed by atoms with Gasteiger partial charge in [-0.1, -0.05) is 6.92 Å². The Labute approximate surface area is 96.7 Å². The van der Waals surface area contributed by atoms with E-state index in [1.165, 1.54) is 0 Å². The van der Waals surface area contributed by atoms with E-state index >= 15 is 0 Å². The Morgan fingerprint density at radius 3 is 2.25 bits per heavy atom. The summed E-state index contributed by atoms with van der Waals surface area (Å²) >= 11 is 0. The van der Waals surface area contributed by atoms with Crippen molar-refractivity contribution >= 4 is 11.9 Å². The van der Waals surface area contributed by atoms with Crippen LogP contribution in [0.3, 0.4) is 0 Å². The molecule has 1 fully saturated rings. The second kappa shape index (κ2) is 4.07. The lowest BCUT2D eigenvalue weighted by molar-refractivity contribution is -0.165. The van der Waals surface area contributed by atoms with Crippen molar-refractivity contribution in [3.8, 4) is 0 Å². The van der Waals surface area contributed by atoms with Crippen LogP contribution in [0.2, 0.25) is 0 Å². The second-order valence-corrected chi connectivity index (χ2v) is 5.44. The summed E-state index contributed by atoms with van der Waals surface area (Å²) in [6.45, 7) is 9.71. The highest BCUT2D eigenvalue weighted by molar-refractivity contribution is 6.06. The quantitative estimate of drug-likeness (QED) is 0.587. The zero-order valence-electron chi connectivity index (χ0n) is 10.7. The minimum Gasteiger partial charge on any atom is -0.459 e. The minimum atomic E-state index is -0.927. The highest BCUT2D eigenvalue weighted by atomic mass is 16.6. The largest absolute Gasteiger partial charge is 0.459 e. The van der Waals surface area contributed by atoms with Crippen molar-refractivity contribution in [1.29, 1.82) is 0 Å². The van der Waals surface area contributed by atoms with E-state index < -0.39 is 17.0 Å². The molecule has 1 aliphatic carbocycles. The number of amides is 1. The van der Waals surface area contributed by atoms with Crippen LogP contribution in [0, 0.1) is 11.3 Å². The van der Waals surface area contributed by atoms with Crippen molar-refractivity contribution in [1.82, 2.24) is 5.32 Å². The van der Waals surface area contributed by atoms with E-state index in [4.69, 9.17) is 4.74 Å². The predicted octanol–water partition coefficient (Wildman–Crippen LogP) is 1.49. The van der Waals surface area contributed by atoms with E-state index in [0.717, 1.165) is 0 Å². The molecular formula is C12H21NO3. The fourth-order valence-corrected chi connectivity index (χ4v) is 1.81. The molecule has 4 heteroatoms. The maximum Gasteiger partial charge on any atom is 0.322 e. The molecule has 0 aromatic heterocycles. The third-order valence-electron chi connectivity index (χ3n) is 2.81. The van der Waals surface area contributed by atoms with Crippen molar-refractivity contribution in [2.75, 3.05) is 6.54 Å². The first kappa shape index (κ1) is 13.0. The van der Waals surface area contributed by atoms with Crippen LogP contribution in [-0.4, -0.2) is 24.0 Å². The summed E-state index contributed by atoms with van der Waals surface area (Å²) in [5.74, 6) is -0.510. The summed E-state index contributed by atoms with van der Waals surface area (Å²) in [7, 11) is 0. The lowest BCUT2D eigenvalue weighted by atomic mass is 10.0. The van der Waals surface area contributed by atoms with Gasteiger partial charge in [0.25, 0.3) is 0 Å². The fraction of sp³-hybridized carbons (Fsp3) is 0.833. The lowest BCUT2D eigenvalue weighted by Crippen LogP contribution is -2.41. The Bertz CT molecular complexity index is 306. The van der Waals surface area contributed by atoms with E-state index in [9.17, 15) is 9.59 Å². The number of carbonyl (C=O) groups excluding carboxylic acids is 2. The molecule has 0 spiro atoms. The van der Waals surface area contributed by atoms with Gasteiger partial charge in [-0.3, -0.25) is 9.59 Å². The summed E-state index contributed by atoms with van der Waals surface area (Å²) in [4.78, 5) is 23.8. The second-order valence-electron chi connectivity index (χ2n) is 5.44. The maximum absolute atomic E-state index is 12.0. The van der Waals surface area contributed by atoms with Crippen LogP contribution < -0.4 is 5.32 Å². The van der Waals surface area contributed by atoms with Crippen molar-refractivity contribution in [3.05, 3.63) is 0 Å². The van der Waals surface area contributed by atoms with E-state index in [2.05, 4.69) is 5.32 Å². The van der Waals surface area contributed by atoms with Gasteiger partial charge in [-0.15, -0.1) is 0 Å². The zero-order chi connectivity index (χ0) is 12.6. The summed E-state index contributed by atoms with van der Waals surface area (Å²) in [5.41, 5.74) is -1.47. The van der Waals surface area contributed by atoms with Crippen LogP contribution in [0.15, 0.2) is 0 Å². The molecule has 1 saturated carbocycles. The summed E-state index contributed by atoms with van der Waals surface area (Å²) in [5, 5.41) is 2.71. The Morgan fingerprint density at radius 1 is 1.44 bits per heavy atom. The number of nitrogens with one attached hydrogen (secondary N) is 1. The van der Waals surface area contributed by atoms with Gasteiger partial charge in [-0.05, 0) is 40.0 Å². The standard InChI is InChI=1S/C12H21NO3/c1-6-13-9(14)12(7-8(12)2)10(15)16-11(3,4)5/h8H,6-7H2,1-5H3,(H,13,14)/t8-,12-/m0/s1. The first-order chi connectivity index (χ1) is 7.24. The zero-order valence-corrected chi connectivity index (χ0v) is 10.7. The molecule has 0 saturated heterocycles. The average molecular weight is 227 g/mol. The molecular weight excluding hydrogens is 206 g/mol. The maximum atomic E-state index is 12.0. The third kappa shape index (κ3) is 2.36. The molecule has 16 heavy (non-hydrogen) atoms. The monoisotopic (exact) mass is 227 g/mol. The molecule has 1 amide bonds. The van der Waals surface area contributed by atoms with Gasteiger partial charge in [-0.2, -0.15) is 0 Å². The lowest BCUT2D eigenvalue weighted by Gasteiger charge is -2.23. The van der Waals surface area contributed by atoms with Gasteiger partial charge < -0.3 is 10.1 Å². The first-order valence-corrected chi connectivity index (χ1v) is 5.75. The van der Waals surface area contributed by atoms with E-state index in [1.807, 2.05) is 34.6 Å². The van der Waals surface area contributed by atoms with E-state index in [0.29, 0.717) is 13.0 Å². The number of rotatable bonds is 3. The van der Waals surface area contributed by atoms with Gasteiger partial charge in [-0.25, -0.2) is 0 Å². The normalized spacial score (nSPS) is 28.4. The first-order valence-electron chi connectivity index (χ1n) is 5.75. The van der Waals surface area contributed by atoms with E-state index in [1.54, 1.807) is 0 Å². The number of carbonyl (C=O) groups is 2. The smallest absolute Gasteiger partial charge is 0.322 e. The number of hydrogen-bond acceptors (Lipinski definition) is 3. The molecule has 1 rings (SSSR count). The summed E-state index contributed by atoms with van der Waals surface area (Å²) < 4.78 is 5.30. The molecule has 0 radical (unpaired) electrons. The number of hydrogen-bond donors (Lipinski definition) is 1. The van der Waals surface area contributed by atoms with Crippen molar-refractivity contribution in [3.63, 3.8) is 0 Å². The van der Waals surface area contributed by atoms with Crippen LogP contribution in [0.5, 0.6) is 0 Å². The summed E-state index contributed by atoms with van der Waals surface area (Å²) in [6.07, 6.45) is 0.591. The van der Waals surface area contributed by atoms with Crippen LogP contribution in [0.4, 0.5) is 0 Å². The predicted molar refractivity (Wildman–Crippen MR) is 60.7 cm³/mol. The molecule has 0 aromatic rings. The van der Waals surface area contributed by atoms with Gasteiger partial charge in [0, 0.05) is 6.54 Å². The molecule has 1 aliphatic rings. The molecule has 1 N–H and O–H groups in total. The highest BCUT2D eigenvalue weighted by Gasteiger charge is 2.64. The topological polar surface area (TPSA) is 55.4 Å². The molecule has 92 valence electrons. The molecule has 0 heterocycles. The molecule has 2 atom stereocenters. The minimum absolute atomic E-state index is 0.0777. The molecule has 4 nitrogen and oxygen atoms in total. The molecule has 0 unspecified atom stereocenters. The van der Waals surface area contributed by atoms with Gasteiger partial charge in [0.15, 0.2) is 0 Å². The average Bonchev–Trinajstić information content (AvgIpc) is 2.76. The highest BCUT2D eigenvalue weighted by Crippen LogP contribution is 2.53. The van der Waals surface area contributed by atoms with Crippen molar-refractivity contribution < 1.29 is 14.3 Å². The van der Waals surface area contributed by atoms with E-state index in [-0.39, 0.29) is 11.8 Å². The SMILES string of the molecule is CCNC(=O)[C@]1(C(=O)OC(C)(C)C)C[C@@H]1C. The Balaban J connectivity index is 2.75. The molecule has 0 bridgehead atoms. The van der Waals surface area contributed by atoms with Gasteiger partial charge in [0.2, 0.25) is 5.91 Å². The van der Waals surface area contributed by atoms with Crippen LogP contribution in [0.25, 0.3) is 0 Å². The summed E-state index contributed by atoms with van der Waals surface area (Å²) in [6, 6.07) is 0. The number of ether oxygens (including phenoxy) is 1. The van der Waals surface area contributed by atoms with Gasteiger partial charge >= 0.3 is 5.97 Å². The Hall–Kier alpha value is -1.06. The fourth-order valence-electron chi connectivity index (χ4n) is 1.81. The van der Waals surface area contributed by atoms with Crippen LogP contribution in [0.1, 0.15) is 41.0 Å². The van der Waals surface area contributed by atoms with Crippen molar-refractivity contribution in [2.45, 2.75) is 46.6 Å². The Kier molecular flexibility index (Phi) is 3.31. The number of esters is 1. The molecule has 0 aliphatic heterocycles. The van der Waals surface area contributed by atoms with Crippen LogP contribution in [-0.2, 0) is 14.3 Å². The molecule has 0 aromatic carbocycles. The third-order valence-corrected chi connectivity index (χ3v) is 2.81. The van der Waals surface area contributed by atoms with Gasteiger partial charge in [0.1, 0.15) is 11.0 Å². The van der Waals surface area contributed by atoms with Gasteiger partial charge in [0.05, 0.1) is 0 Å². The Morgan fingerprint density at radius 2 is 1.94 bits per heavy atom. The van der Waals surface area contributed by atoms with Crippen LogP contribution >= 0.6 is 0 Å². The van der Waals surface area contributed by atoms with Crippen molar-refractivity contribution in [2.24, 2.45) is 11.3 Å².